The number of carbonyl (C=O) groups is 1. The normalized spacial score (nSPS) is 21.8. The maximum Gasteiger partial charge on any atom is 0.324 e. The molecule has 0 bridgehead atoms. The molecule has 1 atom stereocenters. The van der Waals surface area contributed by atoms with Crippen molar-refractivity contribution < 1.29 is 4.79 Å². The Labute approximate surface area is 85.8 Å². The molecule has 0 aromatic heterocycles. The number of halogens is 1. The summed E-state index contributed by atoms with van der Waals surface area (Å²) in [5.74, 6) is 0. The summed E-state index contributed by atoms with van der Waals surface area (Å²) in [4.78, 5) is 15.2. The number of carbonyl (C=O) groups excluding carboxylic acids is 1. The molecule has 2 amide bonds. The van der Waals surface area contributed by atoms with Gasteiger partial charge in [0.2, 0.25) is 0 Å². The average Bonchev–Trinajstić information content (AvgIpc) is 2.06. The van der Waals surface area contributed by atoms with E-state index < -0.39 is 0 Å². The summed E-state index contributed by atoms with van der Waals surface area (Å²) in [5, 5.41) is 0. The highest BCUT2D eigenvalue weighted by Crippen LogP contribution is 2.11. The Morgan fingerprint density at radius 3 is 2.46 bits per heavy atom. The van der Waals surface area contributed by atoms with E-state index in [4.69, 9.17) is 0 Å². The second-order valence-electron chi connectivity index (χ2n) is 2.94. The Kier molecular flexibility index (Phi) is 4.85. The Morgan fingerprint density at radius 2 is 2.00 bits per heavy atom. The van der Waals surface area contributed by atoms with E-state index in [1.165, 1.54) is 0 Å². The first-order valence-corrected chi connectivity index (χ1v) is 4.46. The highest BCUT2D eigenvalue weighted by atomic mass is 35.5. The fraction of sp³-hybridized carbons (Fsp3) is 0.667. The van der Waals surface area contributed by atoms with E-state index in [1.807, 2.05) is 31.9 Å². The van der Waals surface area contributed by atoms with Gasteiger partial charge in [0.15, 0.2) is 0 Å². The van der Waals surface area contributed by atoms with Crippen molar-refractivity contribution in [2.75, 3.05) is 13.1 Å². The van der Waals surface area contributed by atoms with Gasteiger partial charge in [-0.05, 0) is 26.8 Å². The molecule has 0 spiro atoms. The SMILES string of the molecule is CCN1C=CC(C)N(CC)C1=O.Cl. The maximum atomic E-state index is 11.6. The lowest BCUT2D eigenvalue weighted by Crippen LogP contribution is -2.47. The minimum atomic E-state index is 0. The van der Waals surface area contributed by atoms with Crippen LogP contribution in [0.5, 0.6) is 0 Å². The monoisotopic (exact) mass is 204 g/mol. The van der Waals surface area contributed by atoms with Crippen molar-refractivity contribution in [2.24, 2.45) is 0 Å². The lowest BCUT2D eigenvalue weighted by Gasteiger charge is -2.34. The smallest absolute Gasteiger partial charge is 0.318 e. The first-order valence-electron chi connectivity index (χ1n) is 4.46. The van der Waals surface area contributed by atoms with Gasteiger partial charge in [-0.1, -0.05) is 0 Å². The summed E-state index contributed by atoms with van der Waals surface area (Å²) < 4.78 is 0. The molecule has 1 rings (SSSR count). The minimum absolute atomic E-state index is 0. The Morgan fingerprint density at radius 1 is 1.38 bits per heavy atom. The van der Waals surface area contributed by atoms with Crippen molar-refractivity contribution >= 4 is 18.4 Å². The molecule has 0 aromatic carbocycles. The van der Waals surface area contributed by atoms with Crippen LogP contribution in [0.3, 0.4) is 0 Å². The number of hydrogen-bond acceptors (Lipinski definition) is 1. The van der Waals surface area contributed by atoms with E-state index in [1.54, 1.807) is 4.90 Å². The Hall–Kier alpha value is -0.700. The molecule has 0 aromatic rings. The zero-order valence-corrected chi connectivity index (χ0v) is 9.17. The van der Waals surface area contributed by atoms with Crippen LogP contribution in [0, 0.1) is 0 Å². The number of likely N-dealkylation sites (N-methyl/N-ethyl adjacent to an activating group) is 1. The highest BCUT2D eigenvalue weighted by Gasteiger charge is 2.23. The molecular weight excluding hydrogens is 188 g/mol. The number of hydrogen-bond donors (Lipinski definition) is 0. The number of amides is 2. The van der Waals surface area contributed by atoms with Gasteiger partial charge >= 0.3 is 6.03 Å². The predicted molar refractivity (Wildman–Crippen MR) is 56.0 cm³/mol. The zero-order valence-electron chi connectivity index (χ0n) is 8.36. The molecule has 0 aliphatic carbocycles. The van der Waals surface area contributed by atoms with Crippen LogP contribution < -0.4 is 0 Å². The van der Waals surface area contributed by atoms with Crippen molar-refractivity contribution in [3.63, 3.8) is 0 Å². The predicted octanol–water partition coefficient (Wildman–Crippen LogP) is 2.09. The van der Waals surface area contributed by atoms with Crippen molar-refractivity contribution in [1.82, 2.24) is 9.80 Å². The van der Waals surface area contributed by atoms with Crippen LogP contribution in [0.25, 0.3) is 0 Å². The lowest BCUT2D eigenvalue weighted by atomic mass is 10.2. The fourth-order valence-corrected chi connectivity index (χ4v) is 1.40. The van der Waals surface area contributed by atoms with Crippen LogP contribution in [-0.2, 0) is 0 Å². The first-order chi connectivity index (χ1) is 5.70. The largest absolute Gasteiger partial charge is 0.324 e. The molecule has 13 heavy (non-hydrogen) atoms. The Bertz CT molecular complexity index is 206. The average molecular weight is 205 g/mol. The standard InChI is InChI=1S/C9H16N2O.ClH/c1-4-10-7-6-8(3)11(5-2)9(10)12;/h6-8H,4-5H2,1-3H3;1H. The summed E-state index contributed by atoms with van der Waals surface area (Å²) in [6.07, 6.45) is 3.92. The molecule has 0 saturated heterocycles. The van der Waals surface area contributed by atoms with Crippen molar-refractivity contribution in [2.45, 2.75) is 26.8 Å². The van der Waals surface area contributed by atoms with E-state index in [9.17, 15) is 4.79 Å². The summed E-state index contributed by atoms with van der Waals surface area (Å²) in [5.41, 5.74) is 0. The van der Waals surface area contributed by atoms with Gasteiger partial charge in [0.25, 0.3) is 0 Å². The molecule has 1 aliphatic rings. The van der Waals surface area contributed by atoms with Crippen LogP contribution in [0.1, 0.15) is 20.8 Å². The number of urea groups is 1. The van der Waals surface area contributed by atoms with Gasteiger partial charge in [-0.25, -0.2) is 4.79 Å². The van der Waals surface area contributed by atoms with Gasteiger partial charge in [0.05, 0.1) is 6.04 Å². The van der Waals surface area contributed by atoms with Crippen molar-refractivity contribution in [3.05, 3.63) is 12.3 Å². The summed E-state index contributed by atoms with van der Waals surface area (Å²) in [6, 6.07) is 0.361. The van der Waals surface area contributed by atoms with E-state index in [0.29, 0.717) is 0 Å². The summed E-state index contributed by atoms with van der Waals surface area (Å²) >= 11 is 0. The molecule has 1 heterocycles. The van der Waals surface area contributed by atoms with Crippen LogP contribution >= 0.6 is 12.4 Å². The molecule has 0 saturated carbocycles. The molecule has 0 fully saturated rings. The first kappa shape index (κ1) is 12.3. The van der Waals surface area contributed by atoms with E-state index in [2.05, 4.69) is 6.08 Å². The molecule has 1 aliphatic heterocycles. The van der Waals surface area contributed by atoms with Gasteiger partial charge in [-0.15, -0.1) is 12.4 Å². The molecule has 3 nitrogen and oxygen atoms in total. The second kappa shape index (κ2) is 5.12. The van der Waals surface area contributed by atoms with E-state index in [0.717, 1.165) is 13.1 Å². The van der Waals surface area contributed by atoms with Gasteiger partial charge < -0.3 is 9.80 Å². The summed E-state index contributed by atoms with van der Waals surface area (Å²) in [7, 11) is 0. The third kappa shape index (κ3) is 2.37. The second-order valence-corrected chi connectivity index (χ2v) is 2.94. The maximum absolute atomic E-state index is 11.6. The van der Waals surface area contributed by atoms with E-state index >= 15 is 0 Å². The topological polar surface area (TPSA) is 23.6 Å². The lowest BCUT2D eigenvalue weighted by molar-refractivity contribution is 0.158. The van der Waals surface area contributed by atoms with Gasteiger partial charge in [0.1, 0.15) is 0 Å². The molecule has 1 unspecified atom stereocenters. The Balaban J connectivity index is 0.00000144. The summed E-state index contributed by atoms with van der Waals surface area (Å²) in [6.45, 7) is 7.54. The van der Waals surface area contributed by atoms with Crippen LogP contribution in [-0.4, -0.2) is 35.0 Å². The highest BCUT2D eigenvalue weighted by molar-refractivity contribution is 5.85. The number of nitrogens with zero attached hydrogens (tertiary/aromatic N) is 2. The fourth-order valence-electron chi connectivity index (χ4n) is 1.40. The molecular formula is C9H17ClN2O. The minimum Gasteiger partial charge on any atom is -0.318 e. The number of rotatable bonds is 2. The van der Waals surface area contributed by atoms with Gasteiger partial charge in [-0.2, -0.15) is 0 Å². The van der Waals surface area contributed by atoms with Crippen LogP contribution in [0.15, 0.2) is 12.3 Å². The third-order valence-electron chi connectivity index (χ3n) is 2.21. The van der Waals surface area contributed by atoms with E-state index in [-0.39, 0.29) is 24.5 Å². The van der Waals surface area contributed by atoms with Crippen molar-refractivity contribution in [3.8, 4) is 0 Å². The van der Waals surface area contributed by atoms with Gasteiger partial charge in [0, 0.05) is 19.3 Å². The third-order valence-corrected chi connectivity index (χ3v) is 2.21. The van der Waals surface area contributed by atoms with Crippen LogP contribution in [0.4, 0.5) is 4.79 Å². The molecule has 0 N–H and O–H groups in total. The van der Waals surface area contributed by atoms with Crippen molar-refractivity contribution in [1.29, 1.82) is 0 Å². The van der Waals surface area contributed by atoms with Gasteiger partial charge in [-0.3, -0.25) is 0 Å². The quantitative estimate of drug-likeness (QED) is 0.676. The molecule has 0 radical (unpaired) electrons. The molecule has 76 valence electrons. The zero-order chi connectivity index (χ0) is 9.14. The van der Waals surface area contributed by atoms with Crippen LogP contribution in [0.2, 0.25) is 0 Å². The molecule has 4 heteroatoms.